The number of allylic oxidation sites excluding steroid dienone is 1. The Morgan fingerprint density at radius 1 is 1.17 bits per heavy atom. The van der Waals surface area contributed by atoms with Crippen LogP contribution in [0.1, 0.15) is 40.9 Å². The summed E-state index contributed by atoms with van der Waals surface area (Å²) in [6, 6.07) is 7.07. The lowest BCUT2D eigenvalue weighted by molar-refractivity contribution is 0.101. The van der Waals surface area contributed by atoms with Gasteiger partial charge in [-0.25, -0.2) is 0 Å². The topological polar surface area (TPSA) is 68.2 Å². The number of phenols is 1. The van der Waals surface area contributed by atoms with E-state index >= 15 is 0 Å². The highest BCUT2D eigenvalue weighted by Crippen LogP contribution is 2.43. The SMILES string of the molecule is CCN(CC)Cc1c(O)cc(C)c2c1O/C(=C\c1cccc(OC)c1OC)C2=O. The Hall–Kier alpha value is -2.99. The molecule has 6 heteroatoms. The smallest absolute Gasteiger partial charge is 0.232 e. The maximum absolute atomic E-state index is 13.1. The zero-order valence-corrected chi connectivity index (χ0v) is 17.5. The van der Waals surface area contributed by atoms with Crippen LogP contribution in [0.3, 0.4) is 0 Å². The number of nitrogens with zero attached hydrogens (tertiary/aromatic N) is 1. The minimum atomic E-state index is -0.205. The van der Waals surface area contributed by atoms with Crippen LogP contribution in [0.4, 0.5) is 0 Å². The zero-order valence-electron chi connectivity index (χ0n) is 17.5. The molecule has 0 saturated heterocycles. The number of hydrogen-bond donors (Lipinski definition) is 1. The number of ether oxygens (including phenoxy) is 3. The summed E-state index contributed by atoms with van der Waals surface area (Å²) in [5.74, 6) is 1.66. The standard InChI is InChI=1S/C23H27NO5/c1-6-24(7-2)13-16-17(25)11-14(3)20-21(26)19(29-23(16)20)12-15-9-8-10-18(27-4)22(15)28-5/h8-12,25H,6-7,13H2,1-5H3/b19-12-. The second-order valence-corrected chi connectivity index (χ2v) is 6.88. The zero-order chi connectivity index (χ0) is 21.1. The lowest BCUT2D eigenvalue weighted by Gasteiger charge is -2.20. The molecule has 0 saturated carbocycles. The first-order valence-electron chi connectivity index (χ1n) is 9.68. The van der Waals surface area contributed by atoms with Crippen molar-refractivity contribution in [2.24, 2.45) is 0 Å². The van der Waals surface area contributed by atoms with Crippen molar-refractivity contribution in [3.63, 3.8) is 0 Å². The van der Waals surface area contributed by atoms with Gasteiger partial charge in [0.2, 0.25) is 5.78 Å². The van der Waals surface area contributed by atoms with Gasteiger partial charge < -0.3 is 19.3 Å². The van der Waals surface area contributed by atoms with Gasteiger partial charge in [-0.15, -0.1) is 0 Å². The van der Waals surface area contributed by atoms with Crippen molar-refractivity contribution in [3.8, 4) is 23.0 Å². The van der Waals surface area contributed by atoms with Gasteiger partial charge in [0.1, 0.15) is 11.5 Å². The van der Waals surface area contributed by atoms with Gasteiger partial charge >= 0.3 is 0 Å². The molecule has 154 valence electrons. The molecule has 0 radical (unpaired) electrons. The van der Waals surface area contributed by atoms with E-state index < -0.39 is 0 Å². The molecular weight excluding hydrogens is 370 g/mol. The molecule has 1 heterocycles. The Kier molecular flexibility index (Phi) is 6.13. The molecule has 29 heavy (non-hydrogen) atoms. The van der Waals surface area contributed by atoms with E-state index in [-0.39, 0.29) is 17.3 Å². The molecule has 0 atom stereocenters. The van der Waals surface area contributed by atoms with Crippen LogP contribution >= 0.6 is 0 Å². The summed E-state index contributed by atoms with van der Waals surface area (Å²) in [5, 5.41) is 10.5. The highest BCUT2D eigenvalue weighted by Gasteiger charge is 2.33. The van der Waals surface area contributed by atoms with Gasteiger partial charge in [-0.2, -0.15) is 0 Å². The Morgan fingerprint density at radius 2 is 1.90 bits per heavy atom. The molecule has 1 aliphatic heterocycles. The molecule has 0 aromatic heterocycles. The third-order valence-electron chi connectivity index (χ3n) is 5.22. The molecule has 0 bridgehead atoms. The fraction of sp³-hybridized carbons (Fsp3) is 0.348. The number of aromatic hydroxyl groups is 1. The van der Waals surface area contributed by atoms with Crippen molar-refractivity contribution < 1.29 is 24.1 Å². The predicted molar refractivity (Wildman–Crippen MR) is 112 cm³/mol. The maximum Gasteiger partial charge on any atom is 0.232 e. The average molecular weight is 397 g/mol. The molecule has 3 rings (SSSR count). The molecule has 2 aromatic rings. The summed E-state index contributed by atoms with van der Waals surface area (Å²) >= 11 is 0. The number of ketones is 1. The molecule has 1 aliphatic rings. The number of para-hydroxylation sites is 1. The average Bonchev–Trinajstić information content (AvgIpc) is 3.04. The number of carbonyl (C=O) groups is 1. The quantitative estimate of drug-likeness (QED) is 0.707. The molecule has 0 amide bonds. The van der Waals surface area contributed by atoms with Gasteiger partial charge in [0.25, 0.3) is 0 Å². The van der Waals surface area contributed by atoms with Crippen LogP contribution < -0.4 is 14.2 Å². The van der Waals surface area contributed by atoms with Crippen LogP contribution in [-0.4, -0.2) is 43.1 Å². The van der Waals surface area contributed by atoms with Crippen molar-refractivity contribution in [1.29, 1.82) is 0 Å². The highest BCUT2D eigenvalue weighted by atomic mass is 16.5. The normalized spacial score (nSPS) is 14.3. The molecule has 0 fully saturated rings. The van der Waals surface area contributed by atoms with Gasteiger partial charge in [-0.3, -0.25) is 9.69 Å². The van der Waals surface area contributed by atoms with E-state index in [1.54, 1.807) is 39.4 Å². The number of methoxy groups -OCH3 is 2. The molecule has 6 nitrogen and oxygen atoms in total. The van der Waals surface area contributed by atoms with E-state index in [9.17, 15) is 9.90 Å². The third-order valence-corrected chi connectivity index (χ3v) is 5.22. The fourth-order valence-corrected chi connectivity index (χ4v) is 3.57. The van der Waals surface area contributed by atoms with Gasteiger partial charge in [0, 0.05) is 12.1 Å². The van der Waals surface area contributed by atoms with E-state index in [0.29, 0.717) is 46.0 Å². The van der Waals surface area contributed by atoms with Crippen molar-refractivity contribution in [3.05, 3.63) is 52.3 Å². The van der Waals surface area contributed by atoms with E-state index in [1.807, 2.05) is 12.1 Å². The lowest BCUT2D eigenvalue weighted by Crippen LogP contribution is -2.22. The second kappa shape index (κ2) is 8.57. The maximum atomic E-state index is 13.1. The first-order valence-corrected chi connectivity index (χ1v) is 9.68. The van der Waals surface area contributed by atoms with Crippen LogP contribution in [0.5, 0.6) is 23.0 Å². The van der Waals surface area contributed by atoms with Crippen molar-refractivity contribution in [2.45, 2.75) is 27.3 Å². The first-order chi connectivity index (χ1) is 13.9. The number of hydrogen-bond acceptors (Lipinski definition) is 6. The molecule has 0 aliphatic carbocycles. The highest BCUT2D eigenvalue weighted by molar-refractivity contribution is 6.16. The van der Waals surface area contributed by atoms with Crippen LogP contribution in [0, 0.1) is 6.92 Å². The van der Waals surface area contributed by atoms with Gasteiger partial charge in [0.05, 0.1) is 25.3 Å². The molecule has 0 spiro atoms. The van der Waals surface area contributed by atoms with Gasteiger partial charge in [-0.05, 0) is 43.8 Å². The van der Waals surface area contributed by atoms with E-state index in [4.69, 9.17) is 14.2 Å². The van der Waals surface area contributed by atoms with Crippen LogP contribution in [0.25, 0.3) is 6.08 Å². The number of rotatable bonds is 7. The molecule has 1 N–H and O–H groups in total. The third kappa shape index (κ3) is 3.80. The summed E-state index contributed by atoms with van der Waals surface area (Å²) in [5.41, 5.74) is 2.49. The molecular formula is C23H27NO5. The minimum Gasteiger partial charge on any atom is -0.507 e. The summed E-state index contributed by atoms with van der Waals surface area (Å²) < 4.78 is 16.8. The van der Waals surface area contributed by atoms with E-state index in [2.05, 4.69) is 18.7 Å². The molecule has 2 aromatic carbocycles. The van der Waals surface area contributed by atoms with E-state index in [0.717, 1.165) is 13.1 Å². The monoisotopic (exact) mass is 397 g/mol. The largest absolute Gasteiger partial charge is 0.507 e. The number of aryl methyl sites for hydroxylation is 1. The summed E-state index contributed by atoms with van der Waals surface area (Å²) in [7, 11) is 3.11. The second-order valence-electron chi connectivity index (χ2n) is 6.88. The van der Waals surface area contributed by atoms with Crippen LogP contribution in [0.2, 0.25) is 0 Å². The Bertz CT molecular complexity index is 960. The van der Waals surface area contributed by atoms with Crippen LogP contribution in [0.15, 0.2) is 30.0 Å². The lowest BCUT2D eigenvalue weighted by atomic mass is 9.99. The summed E-state index contributed by atoms with van der Waals surface area (Å²) in [6.45, 7) is 8.08. The Morgan fingerprint density at radius 3 is 2.52 bits per heavy atom. The van der Waals surface area contributed by atoms with Gasteiger partial charge in [-0.1, -0.05) is 26.0 Å². The Balaban J connectivity index is 2.07. The predicted octanol–water partition coefficient (Wildman–Crippen LogP) is 4.18. The Labute approximate surface area is 171 Å². The van der Waals surface area contributed by atoms with Crippen molar-refractivity contribution in [2.75, 3.05) is 27.3 Å². The van der Waals surface area contributed by atoms with Crippen molar-refractivity contribution >= 4 is 11.9 Å². The fourth-order valence-electron chi connectivity index (χ4n) is 3.57. The van der Waals surface area contributed by atoms with E-state index in [1.165, 1.54) is 0 Å². The van der Waals surface area contributed by atoms with Crippen LogP contribution in [-0.2, 0) is 6.54 Å². The summed E-state index contributed by atoms with van der Waals surface area (Å²) in [4.78, 5) is 15.3. The van der Waals surface area contributed by atoms with Gasteiger partial charge in [0.15, 0.2) is 17.3 Å². The number of Topliss-reactive ketones (excluding diaryl/α,β-unsaturated/α-hetero) is 1. The molecule has 0 unspecified atom stereocenters. The number of benzene rings is 2. The number of carbonyl (C=O) groups excluding carboxylic acids is 1. The minimum absolute atomic E-state index is 0.140. The number of phenolic OH excluding ortho intramolecular Hbond substituents is 1. The van der Waals surface area contributed by atoms with Crippen molar-refractivity contribution in [1.82, 2.24) is 4.90 Å². The first kappa shape index (κ1) is 20.7. The number of fused-ring (bicyclic) bond motifs is 1. The summed E-state index contributed by atoms with van der Waals surface area (Å²) in [6.07, 6.45) is 1.65.